The summed E-state index contributed by atoms with van der Waals surface area (Å²) < 4.78 is 0. The molecule has 1 N–H and O–H groups in total. The number of carbonyl (C=O) groups excluding carboxylic acids is 2. The number of benzene rings is 1. The zero-order valence-corrected chi connectivity index (χ0v) is 10.8. The van der Waals surface area contributed by atoms with Gasteiger partial charge in [0, 0.05) is 13.0 Å². The van der Waals surface area contributed by atoms with Crippen molar-refractivity contribution in [1.29, 1.82) is 0 Å². The summed E-state index contributed by atoms with van der Waals surface area (Å²) in [6.45, 7) is 4.27. The lowest BCUT2D eigenvalue weighted by atomic mass is 10.1. The monoisotopic (exact) mass is 246 g/mol. The Morgan fingerprint density at radius 1 is 1.44 bits per heavy atom. The molecule has 4 heteroatoms. The molecule has 0 radical (unpaired) electrons. The van der Waals surface area contributed by atoms with E-state index in [1.165, 1.54) is 0 Å². The lowest BCUT2D eigenvalue weighted by Crippen LogP contribution is -2.35. The molecular weight excluding hydrogens is 228 g/mol. The van der Waals surface area contributed by atoms with Gasteiger partial charge in [0.05, 0.1) is 17.3 Å². The highest BCUT2D eigenvalue weighted by Crippen LogP contribution is 2.30. The quantitative estimate of drug-likeness (QED) is 0.871. The molecule has 2 rings (SSSR count). The minimum atomic E-state index is -0.196. The van der Waals surface area contributed by atoms with Crippen LogP contribution < -0.4 is 10.2 Å². The Kier molecular flexibility index (Phi) is 3.65. The lowest BCUT2D eigenvalue weighted by molar-refractivity contribution is -0.120. The van der Waals surface area contributed by atoms with Crippen LogP contribution in [-0.4, -0.2) is 18.4 Å². The van der Waals surface area contributed by atoms with Crippen molar-refractivity contribution in [3.63, 3.8) is 0 Å². The average molecular weight is 246 g/mol. The molecule has 96 valence electrons. The van der Waals surface area contributed by atoms with Crippen LogP contribution >= 0.6 is 0 Å². The third kappa shape index (κ3) is 2.37. The molecule has 1 aromatic rings. The molecule has 0 aromatic heterocycles. The predicted molar refractivity (Wildman–Crippen MR) is 71.5 cm³/mol. The topological polar surface area (TPSA) is 49.4 Å². The van der Waals surface area contributed by atoms with E-state index in [1.54, 1.807) is 4.90 Å². The normalized spacial score (nSPS) is 18.9. The van der Waals surface area contributed by atoms with Crippen LogP contribution in [0.25, 0.3) is 0 Å². The summed E-state index contributed by atoms with van der Waals surface area (Å²) in [6.07, 6.45) is 1.32. The zero-order chi connectivity index (χ0) is 13.1. The fourth-order valence-electron chi connectivity index (χ4n) is 2.11. The number of fused-ring (bicyclic) bond motifs is 1. The number of anilines is 2. The maximum atomic E-state index is 12.2. The minimum Gasteiger partial charge on any atom is -0.324 e. The molecule has 0 fully saturated rings. The number of para-hydroxylation sites is 2. The molecule has 0 saturated carbocycles. The minimum absolute atomic E-state index is 0.0331. The Balaban J connectivity index is 2.39. The van der Waals surface area contributed by atoms with Crippen LogP contribution in [0.4, 0.5) is 11.4 Å². The second-order valence-electron chi connectivity index (χ2n) is 4.66. The van der Waals surface area contributed by atoms with Crippen LogP contribution in [0.3, 0.4) is 0 Å². The van der Waals surface area contributed by atoms with Gasteiger partial charge < -0.3 is 10.2 Å². The smallest absolute Gasteiger partial charge is 0.229 e. The van der Waals surface area contributed by atoms with E-state index < -0.39 is 0 Å². The van der Waals surface area contributed by atoms with Crippen molar-refractivity contribution in [2.45, 2.75) is 26.7 Å². The summed E-state index contributed by atoms with van der Waals surface area (Å²) >= 11 is 0. The van der Waals surface area contributed by atoms with Gasteiger partial charge in [0.15, 0.2) is 0 Å². The van der Waals surface area contributed by atoms with Crippen molar-refractivity contribution in [3.05, 3.63) is 24.3 Å². The number of nitrogens with zero attached hydrogens (tertiary/aromatic N) is 1. The summed E-state index contributed by atoms with van der Waals surface area (Å²) in [7, 11) is 0. The van der Waals surface area contributed by atoms with Gasteiger partial charge in [-0.25, -0.2) is 0 Å². The molecule has 0 unspecified atom stereocenters. The van der Waals surface area contributed by atoms with Crippen LogP contribution in [0, 0.1) is 5.92 Å². The highest BCUT2D eigenvalue weighted by atomic mass is 16.2. The summed E-state index contributed by atoms with van der Waals surface area (Å²) in [5.41, 5.74) is 1.52. The molecule has 0 aliphatic carbocycles. The fraction of sp³-hybridized carbons (Fsp3) is 0.429. The van der Waals surface area contributed by atoms with E-state index >= 15 is 0 Å². The van der Waals surface area contributed by atoms with E-state index in [2.05, 4.69) is 5.32 Å². The third-order valence-corrected chi connectivity index (χ3v) is 3.12. The molecule has 1 aromatic carbocycles. The number of carbonyl (C=O) groups is 2. The summed E-state index contributed by atoms with van der Waals surface area (Å²) in [5.74, 6) is -0.152. The van der Waals surface area contributed by atoms with E-state index in [-0.39, 0.29) is 17.7 Å². The maximum absolute atomic E-state index is 12.2. The van der Waals surface area contributed by atoms with Gasteiger partial charge in [0.25, 0.3) is 0 Å². The first-order valence-electron chi connectivity index (χ1n) is 6.33. The molecule has 0 saturated heterocycles. The van der Waals surface area contributed by atoms with Gasteiger partial charge in [-0.05, 0) is 18.6 Å². The van der Waals surface area contributed by atoms with Gasteiger partial charge in [-0.2, -0.15) is 0 Å². The van der Waals surface area contributed by atoms with E-state index in [0.717, 1.165) is 17.8 Å². The van der Waals surface area contributed by atoms with Crippen molar-refractivity contribution < 1.29 is 9.59 Å². The van der Waals surface area contributed by atoms with E-state index in [1.807, 2.05) is 38.1 Å². The van der Waals surface area contributed by atoms with Crippen LogP contribution in [0.2, 0.25) is 0 Å². The Bertz CT molecular complexity index is 471. The van der Waals surface area contributed by atoms with Crippen LogP contribution in [-0.2, 0) is 9.59 Å². The third-order valence-electron chi connectivity index (χ3n) is 3.12. The highest BCUT2D eigenvalue weighted by Gasteiger charge is 2.27. The van der Waals surface area contributed by atoms with Gasteiger partial charge in [-0.1, -0.05) is 26.0 Å². The molecule has 2 amide bonds. The second-order valence-corrected chi connectivity index (χ2v) is 4.66. The molecule has 1 atom stereocenters. The molecule has 1 aliphatic heterocycles. The Labute approximate surface area is 107 Å². The molecule has 1 aliphatic rings. The molecule has 1 heterocycles. The van der Waals surface area contributed by atoms with Crippen molar-refractivity contribution in [3.8, 4) is 0 Å². The molecule has 18 heavy (non-hydrogen) atoms. The second kappa shape index (κ2) is 5.21. The van der Waals surface area contributed by atoms with Crippen LogP contribution in [0.1, 0.15) is 26.7 Å². The summed E-state index contributed by atoms with van der Waals surface area (Å²) in [4.78, 5) is 25.7. The van der Waals surface area contributed by atoms with Crippen LogP contribution in [0.5, 0.6) is 0 Å². The van der Waals surface area contributed by atoms with Crippen molar-refractivity contribution >= 4 is 23.2 Å². The highest BCUT2D eigenvalue weighted by molar-refractivity contribution is 6.04. The molecule has 4 nitrogen and oxygen atoms in total. The van der Waals surface area contributed by atoms with Crippen molar-refractivity contribution in [2.24, 2.45) is 5.92 Å². The van der Waals surface area contributed by atoms with Gasteiger partial charge in [-0.15, -0.1) is 0 Å². The number of nitrogens with one attached hydrogen (secondary N) is 1. The standard InChI is InChI=1S/C14H18N2O2/c1-3-6-13(17)16-9-10(2)14(18)15-11-7-4-5-8-12(11)16/h4-5,7-8,10H,3,6,9H2,1-2H3,(H,15,18)/t10-/m0/s1. The van der Waals surface area contributed by atoms with Gasteiger partial charge >= 0.3 is 0 Å². The number of rotatable bonds is 2. The number of amides is 2. The Morgan fingerprint density at radius 3 is 2.89 bits per heavy atom. The fourth-order valence-corrected chi connectivity index (χ4v) is 2.11. The first-order chi connectivity index (χ1) is 8.63. The van der Waals surface area contributed by atoms with E-state index in [4.69, 9.17) is 0 Å². The molecular formula is C14H18N2O2. The van der Waals surface area contributed by atoms with Gasteiger partial charge in [0.1, 0.15) is 0 Å². The summed E-state index contributed by atoms with van der Waals surface area (Å²) in [5, 5.41) is 2.87. The van der Waals surface area contributed by atoms with E-state index in [0.29, 0.717) is 13.0 Å². The SMILES string of the molecule is CCCC(=O)N1C[C@H](C)C(=O)Nc2ccccc21. The molecule has 0 bridgehead atoms. The van der Waals surface area contributed by atoms with Crippen molar-refractivity contribution in [2.75, 3.05) is 16.8 Å². The Morgan fingerprint density at radius 2 is 2.17 bits per heavy atom. The molecule has 0 spiro atoms. The van der Waals surface area contributed by atoms with Crippen molar-refractivity contribution in [1.82, 2.24) is 0 Å². The largest absolute Gasteiger partial charge is 0.324 e. The first-order valence-corrected chi connectivity index (χ1v) is 6.33. The van der Waals surface area contributed by atoms with Gasteiger partial charge in [0.2, 0.25) is 11.8 Å². The average Bonchev–Trinajstić information content (AvgIpc) is 2.48. The zero-order valence-electron chi connectivity index (χ0n) is 10.8. The lowest BCUT2D eigenvalue weighted by Gasteiger charge is -2.23. The van der Waals surface area contributed by atoms with Crippen LogP contribution in [0.15, 0.2) is 24.3 Å². The number of hydrogen-bond donors (Lipinski definition) is 1. The summed E-state index contributed by atoms with van der Waals surface area (Å²) in [6, 6.07) is 7.45. The predicted octanol–water partition coefficient (Wildman–Crippen LogP) is 2.41. The van der Waals surface area contributed by atoms with Gasteiger partial charge in [-0.3, -0.25) is 9.59 Å². The number of hydrogen-bond acceptors (Lipinski definition) is 2. The Hall–Kier alpha value is -1.84. The first kappa shape index (κ1) is 12.6. The van der Waals surface area contributed by atoms with E-state index in [9.17, 15) is 9.59 Å². The maximum Gasteiger partial charge on any atom is 0.229 e.